The Morgan fingerprint density at radius 3 is 2.79 bits per heavy atom. The normalized spacial score (nSPS) is 17.2. The second-order valence-corrected chi connectivity index (χ2v) is 5.26. The third-order valence-corrected chi connectivity index (χ3v) is 3.87. The number of benzene rings is 1. The number of nitrogens with one attached hydrogen (secondary N) is 2. The van der Waals surface area contributed by atoms with E-state index in [1.807, 2.05) is 0 Å². The summed E-state index contributed by atoms with van der Waals surface area (Å²) in [5.74, 6) is 0.702. The molecule has 5 heteroatoms. The molecule has 2 unspecified atom stereocenters. The van der Waals surface area contributed by atoms with Gasteiger partial charge in [-0.15, -0.1) is 10.2 Å². The highest BCUT2D eigenvalue weighted by Crippen LogP contribution is 2.26. The van der Waals surface area contributed by atoms with E-state index >= 15 is 0 Å². The SMILES string of the molecule is CC(NC(C)c1nn[nH]n1)c1ccc2c(c1)CCC2. The van der Waals surface area contributed by atoms with Gasteiger partial charge in [-0.3, -0.25) is 0 Å². The summed E-state index contributed by atoms with van der Waals surface area (Å²) in [7, 11) is 0. The Bertz CT molecular complexity index is 549. The predicted molar refractivity (Wildman–Crippen MR) is 72.6 cm³/mol. The molecule has 1 aromatic carbocycles. The fraction of sp³-hybridized carbons (Fsp3) is 0.500. The first-order valence-electron chi connectivity index (χ1n) is 6.85. The van der Waals surface area contributed by atoms with Crippen molar-refractivity contribution in [3.8, 4) is 0 Å². The zero-order valence-electron chi connectivity index (χ0n) is 11.3. The molecule has 0 fully saturated rings. The number of aromatic nitrogens is 4. The summed E-state index contributed by atoms with van der Waals surface area (Å²) >= 11 is 0. The van der Waals surface area contributed by atoms with Crippen molar-refractivity contribution in [1.29, 1.82) is 0 Å². The van der Waals surface area contributed by atoms with Gasteiger partial charge in [-0.05, 0) is 49.8 Å². The summed E-state index contributed by atoms with van der Waals surface area (Å²) in [5, 5.41) is 17.6. The largest absolute Gasteiger partial charge is 0.301 e. The van der Waals surface area contributed by atoms with Crippen LogP contribution in [-0.4, -0.2) is 20.6 Å². The molecule has 1 heterocycles. The number of rotatable bonds is 4. The van der Waals surface area contributed by atoms with Crippen molar-refractivity contribution < 1.29 is 0 Å². The lowest BCUT2D eigenvalue weighted by Crippen LogP contribution is -2.23. The molecule has 0 aliphatic heterocycles. The van der Waals surface area contributed by atoms with Gasteiger partial charge in [0, 0.05) is 6.04 Å². The first-order valence-corrected chi connectivity index (χ1v) is 6.85. The fourth-order valence-corrected chi connectivity index (χ4v) is 2.76. The first kappa shape index (κ1) is 12.3. The molecule has 0 saturated heterocycles. The van der Waals surface area contributed by atoms with Crippen molar-refractivity contribution in [2.24, 2.45) is 0 Å². The van der Waals surface area contributed by atoms with Gasteiger partial charge in [-0.2, -0.15) is 5.21 Å². The van der Waals surface area contributed by atoms with Crippen LogP contribution in [0.4, 0.5) is 0 Å². The Hall–Kier alpha value is -1.75. The van der Waals surface area contributed by atoms with Gasteiger partial charge in [-0.25, -0.2) is 0 Å². The van der Waals surface area contributed by atoms with E-state index in [0.717, 1.165) is 0 Å². The Kier molecular flexibility index (Phi) is 3.29. The molecule has 0 amide bonds. The lowest BCUT2D eigenvalue weighted by Gasteiger charge is -2.18. The second kappa shape index (κ2) is 5.09. The monoisotopic (exact) mass is 257 g/mol. The molecule has 2 N–H and O–H groups in total. The number of aromatic amines is 1. The van der Waals surface area contributed by atoms with Crippen LogP contribution in [0, 0.1) is 0 Å². The molecule has 2 atom stereocenters. The standard InChI is InChI=1S/C14H19N5/c1-9(15-10(2)14-16-18-19-17-14)12-7-6-11-4-3-5-13(11)8-12/h6-10,15H,3-5H2,1-2H3,(H,16,17,18,19). The first-order chi connectivity index (χ1) is 9.24. The van der Waals surface area contributed by atoms with E-state index in [1.54, 1.807) is 0 Å². The van der Waals surface area contributed by atoms with Crippen molar-refractivity contribution in [1.82, 2.24) is 25.9 Å². The van der Waals surface area contributed by atoms with Crippen molar-refractivity contribution >= 4 is 0 Å². The van der Waals surface area contributed by atoms with Crippen molar-refractivity contribution in [3.05, 3.63) is 40.7 Å². The maximum Gasteiger partial charge on any atom is 0.191 e. The molecule has 0 saturated carbocycles. The van der Waals surface area contributed by atoms with Gasteiger partial charge < -0.3 is 5.32 Å². The molecule has 0 bridgehead atoms. The van der Waals surface area contributed by atoms with Gasteiger partial charge in [0.1, 0.15) is 0 Å². The highest BCUT2D eigenvalue weighted by Gasteiger charge is 2.17. The maximum atomic E-state index is 4.01. The average molecular weight is 257 g/mol. The maximum absolute atomic E-state index is 4.01. The number of hydrogen-bond donors (Lipinski definition) is 2. The molecule has 1 aliphatic carbocycles. The van der Waals surface area contributed by atoms with Crippen LogP contribution in [0.1, 0.15) is 54.9 Å². The summed E-state index contributed by atoms with van der Waals surface area (Å²) in [4.78, 5) is 0. The molecule has 3 rings (SSSR count). The summed E-state index contributed by atoms with van der Waals surface area (Å²) in [6.07, 6.45) is 3.74. The second-order valence-electron chi connectivity index (χ2n) is 5.26. The Morgan fingerprint density at radius 1 is 1.16 bits per heavy atom. The number of nitrogens with zero attached hydrogens (tertiary/aromatic N) is 3. The van der Waals surface area contributed by atoms with Crippen LogP contribution in [0.3, 0.4) is 0 Å². The average Bonchev–Trinajstić information content (AvgIpc) is 3.09. The molecular weight excluding hydrogens is 238 g/mol. The smallest absolute Gasteiger partial charge is 0.191 e. The van der Waals surface area contributed by atoms with Crippen LogP contribution in [0.5, 0.6) is 0 Å². The minimum absolute atomic E-state index is 0.0852. The summed E-state index contributed by atoms with van der Waals surface area (Å²) in [5.41, 5.74) is 4.36. The number of aryl methyl sites for hydroxylation is 2. The minimum atomic E-state index is 0.0852. The van der Waals surface area contributed by atoms with Crippen molar-refractivity contribution in [2.45, 2.75) is 45.2 Å². The van der Waals surface area contributed by atoms with E-state index in [1.165, 1.54) is 36.0 Å². The third-order valence-electron chi connectivity index (χ3n) is 3.87. The Labute approximate surface area is 112 Å². The van der Waals surface area contributed by atoms with E-state index in [9.17, 15) is 0 Å². The van der Waals surface area contributed by atoms with Crippen LogP contribution in [0.2, 0.25) is 0 Å². The van der Waals surface area contributed by atoms with Gasteiger partial charge in [0.25, 0.3) is 0 Å². The molecule has 0 spiro atoms. The van der Waals surface area contributed by atoms with Gasteiger partial charge in [-0.1, -0.05) is 23.4 Å². The number of hydrogen-bond acceptors (Lipinski definition) is 4. The summed E-state index contributed by atoms with van der Waals surface area (Å²) in [6.45, 7) is 4.22. The zero-order valence-corrected chi connectivity index (χ0v) is 11.3. The fourth-order valence-electron chi connectivity index (χ4n) is 2.76. The predicted octanol–water partition coefficient (Wildman–Crippen LogP) is 2.10. The van der Waals surface area contributed by atoms with Gasteiger partial charge >= 0.3 is 0 Å². The quantitative estimate of drug-likeness (QED) is 0.880. The zero-order chi connectivity index (χ0) is 13.2. The lowest BCUT2D eigenvalue weighted by atomic mass is 10.0. The van der Waals surface area contributed by atoms with E-state index in [4.69, 9.17) is 0 Å². The van der Waals surface area contributed by atoms with Crippen molar-refractivity contribution in [2.75, 3.05) is 0 Å². The van der Waals surface area contributed by atoms with E-state index in [0.29, 0.717) is 5.82 Å². The minimum Gasteiger partial charge on any atom is -0.301 e. The Balaban J connectivity index is 1.72. The van der Waals surface area contributed by atoms with E-state index < -0.39 is 0 Å². The molecule has 1 aliphatic rings. The topological polar surface area (TPSA) is 66.5 Å². The van der Waals surface area contributed by atoms with Crippen LogP contribution in [-0.2, 0) is 12.8 Å². The summed E-state index contributed by atoms with van der Waals surface area (Å²) < 4.78 is 0. The van der Waals surface area contributed by atoms with E-state index in [-0.39, 0.29) is 12.1 Å². The van der Waals surface area contributed by atoms with Crippen LogP contribution in [0.25, 0.3) is 0 Å². The third kappa shape index (κ3) is 2.51. The van der Waals surface area contributed by atoms with Crippen LogP contribution < -0.4 is 5.32 Å². The van der Waals surface area contributed by atoms with Crippen molar-refractivity contribution in [3.63, 3.8) is 0 Å². The highest BCUT2D eigenvalue weighted by molar-refractivity contribution is 5.36. The molecular formula is C14H19N5. The van der Waals surface area contributed by atoms with Gasteiger partial charge in [0.2, 0.25) is 0 Å². The molecule has 0 radical (unpaired) electrons. The molecule has 100 valence electrons. The highest BCUT2D eigenvalue weighted by atomic mass is 15.5. The van der Waals surface area contributed by atoms with Crippen LogP contribution >= 0.6 is 0 Å². The van der Waals surface area contributed by atoms with Crippen LogP contribution in [0.15, 0.2) is 18.2 Å². The number of tetrazole rings is 1. The van der Waals surface area contributed by atoms with Gasteiger partial charge in [0.05, 0.1) is 6.04 Å². The lowest BCUT2D eigenvalue weighted by molar-refractivity contribution is 0.476. The van der Waals surface area contributed by atoms with Gasteiger partial charge in [0.15, 0.2) is 5.82 Å². The molecule has 2 aromatic rings. The number of H-pyrrole nitrogens is 1. The molecule has 19 heavy (non-hydrogen) atoms. The molecule has 5 nitrogen and oxygen atoms in total. The summed E-state index contributed by atoms with van der Waals surface area (Å²) in [6, 6.07) is 7.20. The molecule has 1 aromatic heterocycles. The Morgan fingerprint density at radius 2 is 2.00 bits per heavy atom. The van der Waals surface area contributed by atoms with E-state index in [2.05, 4.69) is 58.0 Å². The number of fused-ring (bicyclic) bond motifs is 1.